The van der Waals surface area contributed by atoms with Gasteiger partial charge >= 0.3 is 5.97 Å². The van der Waals surface area contributed by atoms with Gasteiger partial charge < -0.3 is 58.5 Å². The zero-order valence-electron chi connectivity index (χ0n) is 32.4. The van der Waals surface area contributed by atoms with Crippen molar-refractivity contribution in [2.45, 2.75) is 179 Å². The molecule has 0 spiro atoms. The lowest BCUT2D eigenvalue weighted by Gasteiger charge is -2.48. The summed E-state index contributed by atoms with van der Waals surface area (Å²) in [4.78, 5) is 16.1. The Morgan fingerprint density at radius 2 is 1.60 bits per heavy atom. The van der Waals surface area contributed by atoms with E-state index in [1.165, 1.54) is 14.0 Å². The van der Waals surface area contributed by atoms with Gasteiger partial charge in [0.2, 0.25) is 0 Å². The van der Waals surface area contributed by atoms with E-state index >= 15 is 0 Å². The number of fused-ring (bicyclic) bond motifs is 2. The van der Waals surface area contributed by atoms with Crippen molar-refractivity contribution in [3.8, 4) is 0 Å². The summed E-state index contributed by atoms with van der Waals surface area (Å²) in [6, 6.07) is -0.235. The number of carbonyl (C=O) groups is 1. The molecule has 4 unspecified atom stereocenters. The van der Waals surface area contributed by atoms with Crippen LogP contribution in [0.3, 0.4) is 0 Å². The third-order valence-corrected chi connectivity index (χ3v) is 12.0. The van der Waals surface area contributed by atoms with Crippen LogP contribution in [0.25, 0.3) is 0 Å². The van der Waals surface area contributed by atoms with E-state index in [2.05, 4.69) is 0 Å². The highest BCUT2D eigenvalue weighted by molar-refractivity contribution is 5.73. The number of cyclic esters (lactones) is 1. The first-order chi connectivity index (χ1) is 23.1. The summed E-state index contributed by atoms with van der Waals surface area (Å²) in [5.74, 6) is -2.31. The number of ether oxygens (including phenoxy) is 7. The van der Waals surface area contributed by atoms with Gasteiger partial charge in [-0.15, -0.1) is 0 Å². The summed E-state index contributed by atoms with van der Waals surface area (Å²) in [6.07, 6.45) is -7.39. The van der Waals surface area contributed by atoms with Crippen LogP contribution in [-0.4, -0.2) is 137 Å². The Kier molecular flexibility index (Phi) is 12.8. The molecule has 4 rings (SSSR count). The highest BCUT2D eigenvalue weighted by Gasteiger charge is 2.56. The van der Waals surface area contributed by atoms with E-state index in [-0.39, 0.29) is 25.0 Å². The average Bonchev–Trinajstić information content (AvgIpc) is 3.37. The molecule has 0 aromatic heterocycles. The summed E-state index contributed by atoms with van der Waals surface area (Å²) in [7, 11) is 5.34. The van der Waals surface area contributed by atoms with Gasteiger partial charge in [0.05, 0.1) is 35.9 Å². The number of hydrogen-bond acceptors (Lipinski definition) is 13. The maximum absolute atomic E-state index is 14.1. The zero-order chi connectivity index (χ0) is 37.7. The van der Waals surface area contributed by atoms with E-state index in [0.29, 0.717) is 18.6 Å². The summed E-state index contributed by atoms with van der Waals surface area (Å²) in [5, 5.41) is 45.9. The van der Waals surface area contributed by atoms with Gasteiger partial charge in [-0.2, -0.15) is 0 Å². The van der Waals surface area contributed by atoms with Gasteiger partial charge in [-0.05, 0) is 81.0 Å². The van der Waals surface area contributed by atoms with E-state index in [1.807, 2.05) is 46.7 Å². The number of hydrogen-bond donors (Lipinski definition) is 4. The highest BCUT2D eigenvalue weighted by Crippen LogP contribution is 2.47. The molecule has 4 heterocycles. The van der Waals surface area contributed by atoms with Crippen LogP contribution in [0.5, 0.6) is 0 Å². The Balaban J connectivity index is 1.84. The smallest absolute Gasteiger partial charge is 0.311 e. The Hall–Kier alpha value is -1.39. The molecule has 4 N–H and O–H groups in total. The molecule has 290 valence electrons. The van der Waals surface area contributed by atoms with Gasteiger partial charge in [0, 0.05) is 37.8 Å². The van der Waals surface area contributed by atoms with Crippen molar-refractivity contribution in [1.82, 2.24) is 4.90 Å². The molecule has 50 heavy (non-hydrogen) atoms. The quantitative estimate of drug-likeness (QED) is 0.285. The number of methoxy groups -OCH3 is 1. The lowest BCUT2D eigenvalue weighted by atomic mass is 9.78. The van der Waals surface area contributed by atoms with E-state index in [0.717, 1.165) is 5.57 Å². The Morgan fingerprint density at radius 3 is 2.18 bits per heavy atom. The van der Waals surface area contributed by atoms with Crippen molar-refractivity contribution >= 4 is 5.97 Å². The molecule has 0 aromatic carbocycles. The molecule has 4 aliphatic rings. The molecule has 0 amide bonds. The van der Waals surface area contributed by atoms with Crippen molar-refractivity contribution in [2.75, 3.05) is 21.2 Å². The Bertz CT molecular complexity index is 1210. The van der Waals surface area contributed by atoms with Crippen LogP contribution in [0.15, 0.2) is 11.3 Å². The van der Waals surface area contributed by atoms with Crippen LogP contribution in [0, 0.1) is 17.8 Å². The summed E-state index contributed by atoms with van der Waals surface area (Å²) in [5.41, 5.74) is -3.00. The second kappa shape index (κ2) is 15.5. The second-order valence-electron chi connectivity index (χ2n) is 16.3. The number of aliphatic hydroxyl groups is 4. The Labute approximate surface area is 298 Å². The Morgan fingerprint density at radius 1 is 0.960 bits per heavy atom. The largest absolute Gasteiger partial charge is 0.489 e. The molecule has 0 saturated carbocycles. The first kappa shape index (κ1) is 41.4. The maximum atomic E-state index is 14.1. The van der Waals surface area contributed by atoms with Gasteiger partial charge in [0.25, 0.3) is 0 Å². The maximum Gasteiger partial charge on any atom is 0.311 e. The minimum absolute atomic E-state index is 0.173. The minimum atomic E-state index is -1.82. The van der Waals surface area contributed by atoms with Crippen LogP contribution >= 0.6 is 0 Å². The fraction of sp³-hybridized carbons (Fsp3) is 0.919. The predicted molar refractivity (Wildman–Crippen MR) is 184 cm³/mol. The normalized spacial score (nSPS) is 49.5. The van der Waals surface area contributed by atoms with E-state index < -0.39 is 95.8 Å². The minimum Gasteiger partial charge on any atom is -0.489 e. The van der Waals surface area contributed by atoms with Crippen LogP contribution in [0.1, 0.15) is 94.9 Å². The number of nitrogens with zero attached hydrogens (tertiary/aromatic N) is 1. The van der Waals surface area contributed by atoms with Crippen molar-refractivity contribution in [1.29, 1.82) is 0 Å². The second-order valence-corrected chi connectivity index (χ2v) is 16.3. The average molecular weight is 716 g/mol. The molecule has 0 radical (unpaired) electrons. The zero-order valence-corrected chi connectivity index (χ0v) is 32.4. The number of likely N-dealkylation sites (N-methyl/N-ethyl adjacent to an activating group) is 1. The number of carbonyl (C=O) groups excluding carboxylic acids is 1. The molecule has 4 aliphatic heterocycles. The molecule has 3 saturated heterocycles. The fourth-order valence-corrected chi connectivity index (χ4v) is 8.73. The number of rotatable bonds is 7. The fourth-order valence-electron chi connectivity index (χ4n) is 8.73. The van der Waals surface area contributed by atoms with Crippen molar-refractivity contribution in [2.24, 2.45) is 17.8 Å². The van der Waals surface area contributed by atoms with Crippen LogP contribution in [0.4, 0.5) is 0 Å². The monoisotopic (exact) mass is 715 g/mol. The van der Waals surface area contributed by atoms with E-state index in [4.69, 9.17) is 33.2 Å². The van der Waals surface area contributed by atoms with Crippen molar-refractivity contribution in [3.05, 3.63) is 11.3 Å². The summed E-state index contributed by atoms with van der Waals surface area (Å²) >= 11 is 0. The van der Waals surface area contributed by atoms with Gasteiger partial charge in [-0.1, -0.05) is 20.8 Å². The predicted octanol–water partition coefficient (Wildman–Crippen LogP) is 2.89. The van der Waals surface area contributed by atoms with Gasteiger partial charge in [0.1, 0.15) is 41.4 Å². The third kappa shape index (κ3) is 7.93. The topological polar surface area (TPSA) is 166 Å². The first-order valence-corrected chi connectivity index (χ1v) is 18.3. The highest BCUT2D eigenvalue weighted by atomic mass is 16.7. The lowest BCUT2D eigenvalue weighted by Crippen LogP contribution is -2.60. The SMILES string of the molecule is CC[C@H]1OC(=O)[C@H](C)[C@@H](OC2C[C@@](C)(OC)[C@@H](O)[C@H](C)O2)[C@H](C)[C@@H](OC2O[C@H](C)CC(N(C)C)[C@H]2O)C2(C)CC(C)=C(O2)[C@H](C)[C@@H](O)[C@]1(C)O. The number of esters is 1. The molecule has 0 aromatic rings. The molecule has 13 nitrogen and oxygen atoms in total. The molecule has 0 aliphatic carbocycles. The van der Waals surface area contributed by atoms with E-state index in [1.54, 1.807) is 34.6 Å². The van der Waals surface area contributed by atoms with Gasteiger partial charge in [0.15, 0.2) is 12.6 Å². The van der Waals surface area contributed by atoms with Gasteiger partial charge in [-0.25, -0.2) is 0 Å². The molecule has 17 atom stereocenters. The molecule has 2 bridgehead atoms. The summed E-state index contributed by atoms with van der Waals surface area (Å²) < 4.78 is 44.6. The first-order valence-electron chi connectivity index (χ1n) is 18.3. The van der Waals surface area contributed by atoms with Crippen LogP contribution in [-0.2, 0) is 38.0 Å². The standard InChI is InChI=1S/C37H65NO12/c1-14-25-37(10,43)30(40)20(4)28-18(2)16-36(9,50-28)32(49-34-27(39)24(38(11)12)15-19(3)45-34)21(5)29(22(6)33(42)47-25)48-26-17-35(8,44-13)31(41)23(7)46-26/h19-27,29-32,34,39-41,43H,14-17H2,1-13H3/t19-,20+,21+,22-,23+,24?,25-,26?,27-,29+,30-,31+,32-,34?,35-,36?,37-/m1/s1. The van der Waals surface area contributed by atoms with Crippen molar-refractivity contribution < 1.29 is 58.4 Å². The van der Waals surface area contributed by atoms with Crippen molar-refractivity contribution in [3.63, 3.8) is 0 Å². The molecular formula is C37H65NO12. The molecule has 3 fully saturated rings. The summed E-state index contributed by atoms with van der Waals surface area (Å²) in [6.45, 7) is 18.0. The van der Waals surface area contributed by atoms with Crippen LogP contribution < -0.4 is 0 Å². The van der Waals surface area contributed by atoms with E-state index in [9.17, 15) is 25.2 Å². The van der Waals surface area contributed by atoms with Crippen LogP contribution in [0.2, 0.25) is 0 Å². The number of aliphatic hydroxyl groups excluding tert-OH is 3. The molecule has 13 heteroatoms. The lowest BCUT2D eigenvalue weighted by molar-refractivity contribution is -0.316. The molecular weight excluding hydrogens is 650 g/mol. The van der Waals surface area contributed by atoms with Gasteiger partial charge in [-0.3, -0.25) is 4.79 Å². The third-order valence-electron chi connectivity index (χ3n) is 12.0.